The van der Waals surface area contributed by atoms with Gasteiger partial charge in [0.15, 0.2) is 0 Å². The smallest absolute Gasteiger partial charge is 0.222 e. The SMILES string of the molecule is COCCN(CC(C)C)C(=O)CCC(CCN)C(C)(C)C. The zero-order valence-corrected chi connectivity index (χ0v) is 14.9. The number of ether oxygens (including phenoxy) is 1. The second kappa shape index (κ2) is 10.2. The lowest BCUT2D eigenvalue weighted by Gasteiger charge is -2.31. The van der Waals surface area contributed by atoms with Crippen LogP contribution in [0.5, 0.6) is 0 Å². The maximum Gasteiger partial charge on any atom is 0.222 e. The van der Waals surface area contributed by atoms with Gasteiger partial charge < -0.3 is 15.4 Å². The van der Waals surface area contributed by atoms with Crippen molar-refractivity contribution in [3.05, 3.63) is 0 Å². The minimum Gasteiger partial charge on any atom is -0.383 e. The van der Waals surface area contributed by atoms with Crippen molar-refractivity contribution in [1.82, 2.24) is 4.90 Å². The molecule has 0 aromatic rings. The average Bonchev–Trinajstić information content (AvgIpc) is 2.37. The van der Waals surface area contributed by atoms with Crippen LogP contribution in [0.15, 0.2) is 0 Å². The fraction of sp³-hybridized carbons (Fsp3) is 0.941. The summed E-state index contributed by atoms with van der Waals surface area (Å²) in [5.74, 6) is 1.22. The van der Waals surface area contributed by atoms with Gasteiger partial charge in [-0.1, -0.05) is 34.6 Å². The maximum atomic E-state index is 12.5. The lowest BCUT2D eigenvalue weighted by Crippen LogP contribution is -2.37. The van der Waals surface area contributed by atoms with Gasteiger partial charge in [0.1, 0.15) is 0 Å². The van der Waals surface area contributed by atoms with Crippen molar-refractivity contribution in [2.24, 2.45) is 23.0 Å². The molecule has 4 nitrogen and oxygen atoms in total. The summed E-state index contributed by atoms with van der Waals surface area (Å²) < 4.78 is 5.11. The molecule has 0 heterocycles. The van der Waals surface area contributed by atoms with E-state index in [1.807, 2.05) is 4.90 Å². The quantitative estimate of drug-likeness (QED) is 0.675. The molecule has 0 spiro atoms. The lowest BCUT2D eigenvalue weighted by molar-refractivity contribution is -0.132. The second-order valence-electron chi connectivity index (χ2n) is 7.41. The third-order valence-electron chi connectivity index (χ3n) is 3.95. The highest BCUT2D eigenvalue weighted by Gasteiger charge is 2.25. The van der Waals surface area contributed by atoms with E-state index in [1.54, 1.807) is 7.11 Å². The normalized spacial score (nSPS) is 13.5. The highest BCUT2D eigenvalue weighted by atomic mass is 16.5. The van der Waals surface area contributed by atoms with E-state index < -0.39 is 0 Å². The number of amides is 1. The van der Waals surface area contributed by atoms with Gasteiger partial charge in [0, 0.05) is 26.6 Å². The van der Waals surface area contributed by atoms with Crippen LogP contribution >= 0.6 is 0 Å². The van der Waals surface area contributed by atoms with Crippen LogP contribution in [0.4, 0.5) is 0 Å². The molecular weight excluding hydrogens is 264 g/mol. The Kier molecular flexibility index (Phi) is 9.88. The Bertz CT molecular complexity index is 285. The summed E-state index contributed by atoms with van der Waals surface area (Å²) in [7, 11) is 1.68. The molecule has 0 bridgehead atoms. The third kappa shape index (κ3) is 9.10. The minimum absolute atomic E-state index is 0.203. The average molecular weight is 300 g/mol. The molecule has 0 aliphatic carbocycles. The molecule has 1 unspecified atom stereocenters. The van der Waals surface area contributed by atoms with E-state index in [-0.39, 0.29) is 11.3 Å². The number of carbonyl (C=O) groups is 1. The second-order valence-corrected chi connectivity index (χ2v) is 7.41. The van der Waals surface area contributed by atoms with Crippen LogP contribution in [0.1, 0.15) is 53.9 Å². The molecule has 0 aromatic heterocycles. The Labute approximate surface area is 131 Å². The monoisotopic (exact) mass is 300 g/mol. The molecule has 126 valence electrons. The Hall–Kier alpha value is -0.610. The van der Waals surface area contributed by atoms with Crippen molar-refractivity contribution < 1.29 is 9.53 Å². The Morgan fingerprint density at radius 3 is 2.29 bits per heavy atom. The number of hydrogen-bond acceptors (Lipinski definition) is 3. The first kappa shape index (κ1) is 20.4. The molecule has 21 heavy (non-hydrogen) atoms. The molecule has 1 atom stereocenters. The standard InChI is InChI=1S/C17H36N2O2/c1-14(2)13-19(11-12-21-6)16(20)8-7-15(9-10-18)17(3,4)5/h14-15H,7-13,18H2,1-6H3. The fourth-order valence-corrected chi connectivity index (χ4v) is 2.63. The summed E-state index contributed by atoms with van der Waals surface area (Å²) in [5, 5.41) is 0. The van der Waals surface area contributed by atoms with Crippen molar-refractivity contribution in [3.8, 4) is 0 Å². The summed E-state index contributed by atoms with van der Waals surface area (Å²) in [6.45, 7) is 13.8. The number of methoxy groups -OCH3 is 1. The molecule has 1 amide bonds. The molecule has 0 radical (unpaired) electrons. The zero-order chi connectivity index (χ0) is 16.5. The van der Waals surface area contributed by atoms with Gasteiger partial charge in [-0.2, -0.15) is 0 Å². The van der Waals surface area contributed by atoms with Gasteiger partial charge in [-0.3, -0.25) is 4.79 Å². The van der Waals surface area contributed by atoms with E-state index in [1.165, 1.54) is 0 Å². The Morgan fingerprint density at radius 2 is 1.86 bits per heavy atom. The van der Waals surface area contributed by atoms with Gasteiger partial charge in [-0.05, 0) is 36.6 Å². The van der Waals surface area contributed by atoms with Gasteiger partial charge >= 0.3 is 0 Å². The van der Waals surface area contributed by atoms with Crippen molar-refractivity contribution in [1.29, 1.82) is 0 Å². The molecule has 0 aromatic carbocycles. The number of rotatable bonds is 10. The molecule has 0 saturated carbocycles. The van der Waals surface area contributed by atoms with Crippen molar-refractivity contribution in [2.75, 3.05) is 33.4 Å². The number of nitrogens with zero attached hydrogens (tertiary/aromatic N) is 1. The molecular formula is C17H36N2O2. The predicted octanol–water partition coefficient (Wildman–Crippen LogP) is 2.91. The van der Waals surface area contributed by atoms with Crippen LogP contribution in [0.3, 0.4) is 0 Å². The number of nitrogens with two attached hydrogens (primary N) is 1. The third-order valence-corrected chi connectivity index (χ3v) is 3.95. The van der Waals surface area contributed by atoms with Crippen LogP contribution in [-0.2, 0) is 9.53 Å². The van der Waals surface area contributed by atoms with Gasteiger partial charge in [0.25, 0.3) is 0 Å². The summed E-state index contributed by atoms with van der Waals surface area (Å²) in [6, 6.07) is 0. The highest BCUT2D eigenvalue weighted by molar-refractivity contribution is 5.76. The topological polar surface area (TPSA) is 55.6 Å². The number of hydrogen-bond donors (Lipinski definition) is 1. The van der Waals surface area contributed by atoms with E-state index in [9.17, 15) is 4.79 Å². The summed E-state index contributed by atoms with van der Waals surface area (Å²) >= 11 is 0. The van der Waals surface area contributed by atoms with Crippen LogP contribution in [-0.4, -0.2) is 44.2 Å². The van der Waals surface area contributed by atoms with Crippen LogP contribution in [0.25, 0.3) is 0 Å². The Balaban J connectivity index is 4.51. The lowest BCUT2D eigenvalue weighted by atomic mass is 9.76. The van der Waals surface area contributed by atoms with Gasteiger partial charge in [0.2, 0.25) is 5.91 Å². The predicted molar refractivity (Wildman–Crippen MR) is 89.1 cm³/mol. The van der Waals surface area contributed by atoms with Crippen molar-refractivity contribution in [3.63, 3.8) is 0 Å². The first-order valence-electron chi connectivity index (χ1n) is 8.19. The van der Waals surface area contributed by atoms with E-state index in [4.69, 9.17) is 10.5 Å². The highest BCUT2D eigenvalue weighted by Crippen LogP contribution is 2.32. The van der Waals surface area contributed by atoms with Gasteiger partial charge in [-0.25, -0.2) is 0 Å². The maximum absolute atomic E-state index is 12.5. The molecule has 0 aliphatic heterocycles. The first-order chi connectivity index (χ1) is 9.72. The van der Waals surface area contributed by atoms with E-state index in [0.29, 0.717) is 38.0 Å². The van der Waals surface area contributed by atoms with Crippen LogP contribution in [0.2, 0.25) is 0 Å². The van der Waals surface area contributed by atoms with Crippen LogP contribution < -0.4 is 5.73 Å². The summed E-state index contributed by atoms with van der Waals surface area (Å²) in [4.78, 5) is 14.4. The molecule has 0 aliphatic rings. The minimum atomic E-state index is 0.203. The van der Waals surface area contributed by atoms with E-state index in [2.05, 4.69) is 34.6 Å². The fourth-order valence-electron chi connectivity index (χ4n) is 2.63. The molecule has 2 N–H and O–H groups in total. The molecule has 0 rings (SSSR count). The molecule has 4 heteroatoms. The summed E-state index contributed by atoms with van der Waals surface area (Å²) in [5.41, 5.74) is 5.92. The largest absolute Gasteiger partial charge is 0.383 e. The van der Waals surface area contributed by atoms with E-state index in [0.717, 1.165) is 19.4 Å². The Morgan fingerprint density at radius 1 is 1.24 bits per heavy atom. The molecule has 0 fully saturated rings. The first-order valence-corrected chi connectivity index (χ1v) is 8.19. The van der Waals surface area contributed by atoms with Crippen LogP contribution in [0, 0.1) is 17.3 Å². The van der Waals surface area contributed by atoms with Gasteiger partial charge in [-0.15, -0.1) is 0 Å². The van der Waals surface area contributed by atoms with E-state index >= 15 is 0 Å². The summed E-state index contributed by atoms with van der Waals surface area (Å²) in [6.07, 6.45) is 2.51. The van der Waals surface area contributed by atoms with Crippen molar-refractivity contribution in [2.45, 2.75) is 53.9 Å². The van der Waals surface area contributed by atoms with Crippen molar-refractivity contribution >= 4 is 5.91 Å². The zero-order valence-electron chi connectivity index (χ0n) is 14.9. The molecule has 0 saturated heterocycles. The number of carbonyl (C=O) groups excluding carboxylic acids is 1. The van der Waals surface area contributed by atoms with Gasteiger partial charge in [0.05, 0.1) is 6.61 Å².